The average molecular weight is 513 g/mol. The number of carbonyl (C=O) groups is 1. The lowest BCUT2D eigenvalue weighted by Gasteiger charge is -2.14. The van der Waals surface area contributed by atoms with Gasteiger partial charge in [-0.3, -0.25) is 14.9 Å². The molecule has 3 rings (SSSR count). The van der Waals surface area contributed by atoms with Crippen LogP contribution in [0.2, 0.25) is 5.02 Å². The number of nitro benzene ring substituents is 1. The van der Waals surface area contributed by atoms with Gasteiger partial charge in [0.05, 0.1) is 9.95 Å². The lowest BCUT2D eigenvalue weighted by Crippen LogP contribution is -2.21. The minimum atomic E-state index is -5.73. The number of rotatable bonds is 6. The number of anilines is 1. The van der Waals surface area contributed by atoms with Crippen LogP contribution in [0.1, 0.15) is 16.1 Å². The van der Waals surface area contributed by atoms with Gasteiger partial charge in [0.1, 0.15) is 17.0 Å². The summed E-state index contributed by atoms with van der Waals surface area (Å²) in [6.45, 7) is -0.406. The Morgan fingerprint density at radius 1 is 1.12 bits per heavy atom. The van der Waals surface area contributed by atoms with Crippen LogP contribution in [0.3, 0.4) is 0 Å². The number of hydrogen-bond acceptors (Lipinski definition) is 5. The number of ether oxygens (including phenoxy) is 1. The lowest BCUT2D eigenvalue weighted by atomic mass is 10.1. The molecule has 180 valence electrons. The lowest BCUT2D eigenvalue weighted by molar-refractivity contribution is -0.384. The van der Waals surface area contributed by atoms with Gasteiger partial charge >= 0.3 is 6.18 Å². The molecule has 1 amide bonds. The van der Waals surface area contributed by atoms with Crippen LogP contribution in [0.25, 0.3) is 0 Å². The van der Waals surface area contributed by atoms with Gasteiger partial charge in [0.2, 0.25) is 0 Å². The summed E-state index contributed by atoms with van der Waals surface area (Å²) in [7, 11) is 0. The Bertz CT molecular complexity index is 1270. The highest BCUT2D eigenvalue weighted by atomic mass is 35.5. The summed E-state index contributed by atoms with van der Waals surface area (Å²) >= 11 is 5.85. The van der Waals surface area contributed by atoms with Crippen molar-refractivity contribution in [2.24, 2.45) is 0 Å². The highest BCUT2D eigenvalue weighted by molar-refractivity contribution is 6.32. The summed E-state index contributed by atoms with van der Waals surface area (Å²) in [4.78, 5) is 22.2. The highest BCUT2D eigenvalue weighted by Gasteiger charge is 2.42. The van der Waals surface area contributed by atoms with E-state index in [9.17, 15) is 45.6 Å². The normalized spacial score (nSPS) is 11.4. The number of hydrogen-bond donors (Lipinski definition) is 1. The Hall–Kier alpha value is -3.88. The van der Waals surface area contributed by atoms with E-state index in [-0.39, 0.29) is 16.5 Å². The fourth-order valence-corrected chi connectivity index (χ4v) is 2.81. The highest BCUT2D eigenvalue weighted by Crippen LogP contribution is 2.38. The van der Waals surface area contributed by atoms with Crippen LogP contribution >= 0.6 is 11.6 Å². The molecule has 8 nitrogen and oxygen atoms in total. The Morgan fingerprint density at radius 2 is 1.74 bits per heavy atom. The van der Waals surface area contributed by atoms with Crippen molar-refractivity contribution in [3.63, 3.8) is 0 Å². The molecule has 34 heavy (non-hydrogen) atoms. The third-order valence-electron chi connectivity index (χ3n) is 4.14. The number of nitrogens with one attached hydrogen (secondary N) is 1. The fourth-order valence-electron chi connectivity index (χ4n) is 2.58. The maximum Gasteiger partial charge on any atom is 0.422 e. The first kappa shape index (κ1) is 24.8. The van der Waals surface area contributed by atoms with Crippen molar-refractivity contribution in [3.8, 4) is 5.75 Å². The molecule has 0 spiro atoms. The van der Waals surface area contributed by atoms with E-state index in [2.05, 4.69) is 5.10 Å². The minimum absolute atomic E-state index is 0.00798. The van der Waals surface area contributed by atoms with E-state index < -0.39 is 64.0 Å². The van der Waals surface area contributed by atoms with Crippen LogP contribution in [-0.2, 0) is 12.9 Å². The number of carbonyl (C=O) groups excluding carboxylic acids is 1. The molecule has 0 atom stereocenters. The van der Waals surface area contributed by atoms with Crippen LogP contribution < -0.4 is 10.1 Å². The predicted molar refractivity (Wildman–Crippen MR) is 100 cm³/mol. The molecule has 0 aliphatic heterocycles. The van der Waals surface area contributed by atoms with E-state index >= 15 is 0 Å². The minimum Gasteiger partial charge on any atom is -0.470 e. The van der Waals surface area contributed by atoms with Crippen molar-refractivity contribution in [2.75, 3.05) is 5.32 Å². The maximum absolute atomic E-state index is 13.9. The number of nitrogens with zero attached hydrogens (tertiary/aromatic N) is 3. The first-order valence-electron chi connectivity index (χ1n) is 8.66. The molecule has 0 saturated carbocycles. The zero-order valence-corrected chi connectivity index (χ0v) is 16.8. The number of non-ortho nitro benzene ring substituents is 1. The Labute approximate surface area is 188 Å². The van der Waals surface area contributed by atoms with Crippen molar-refractivity contribution in [1.29, 1.82) is 0 Å². The van der Waals surface area contributed by atoms with E-state index in [1.54, 1.807) is 0 Å². The number of aromatic nitrogens is 2. The van der Waals surface area contributed by atoms with Crippen LogP contribution in [0, 0.1) is 33.4 Å². The number of amides is 1. The molecular formula is C18H8ClF7N4O4. The van der Waals surface area contributed by atoms with Crippen molar-refractivity contribution < 1.29 is 45.2 Å². The Kier molecular flexibility index (Phi) is 6.67. The van der Waals surface area contributed by atoms with E-state index in [1.165, 1.54) is 11.4 Å². The van der Waals surface area contributed by atoms with Gasteiger partial charge in [0, 0.05) is 18.3 Å². The quantitative estimate of drug-likeness (QED) is 0.209. The van der Waals surface area contributed by atoms with Crippen LogP contribution in [0.15, 0.2) is 30.5 Å². The van der Waals surface area contributed by atoms with Gasteiger partial charge in [0.15, 0.2) is 35.7 Å². The number of nitro groups is 1. The molecule has 2 aromatic carbocycles. The summed E-state index contributed by atoms with van der Waals surface area (Å²) < 4.78 is 99.4. The monoisotopic (exact) mass is 512 g/mol. The summed E-state index contributed by atoms with van der Waals surface area (Å²) in [6, 6.07) is 4.30. The van der Waals surface area contributed by atoms with E-state index in [0.717, 1.165) is 29.1 Å². The molecule has 0 unspecified atom stereocenters. The predicted octanol–water partition coefficient (Wildman–Crippen LogP) is 5.31. The fraction of sp³-hybridized carbons (Fsp3) is 0.111. The third-order valence-corrected chi connectivity index (χ3v) is 4.43. The van der Waals surface area contributed by atoms with Gasteiger partial charge in [0.25, 0.3) is 11.6 Å². The van der Waals surface area contributed by atoms with Gasteiger partial charge < -0.3 is 10.1 Å². The molecule has 1 N–H and O–H groups in total. The first-order chi connectivity index (χ1) is 15.8. The Balaban J connectivity index is 1.76. The van der Waals surface area contributed by atoms with E-state index in [1.807, 2.05) is 0 Å². The molecular weight excluding hydrogens is 505 g/mol. The van der Waals surface area contributed by atoms with Crippen molar-refractivity contribution in [3.05, 3.63) is 80.1 Å². The van der Waals surface area contributed by atoms with Gasteiger partial charge in [-0.25, -0.2) is 22.2 Å². The smallest absolute Gasteiger partial charge is 0.422 e. The van der Waals surface area contributed by atoms with Crippen LogP contribution in [0.4, 0.5) is 42.1 Å². The SMILES string of the molecule is O=C(Nc1c(F)c(F)c(C(F)(F)F)c(F)c1F)c1ccn(COc2ccc([N+](=O)[O-])cc2Cl)n1. The number of halogens is 8. The van der Waals surface area contributed by atoms with Crippen LogP contribution in [0.5, 0.6) is 5.75 Å². The molecule has 0 aliphatic carbocycles. The van der Waals surface area contributed by atoms with Crippen molar-refractivity contribution in [1.82, 2.24) is 9.78 Å². The summed E-state index contributed by atoms with van der Waals surface area (Å²) in [5.74, 6) is -11.8. The molecule has 0 fully saturated rings. The Morgan fingerprint density at radius 3 is 2.26 bits per heavy atom. The van der Waals surface area contributed by atoms with E-state index in [4.69, 9.17) is 16.3 Å². The summed E-state index contributed by atoms with van der Waals surface area (Å²) in [6.07, 6.45) is -4.60. The largest absolute Gasteiger partial charge is 0.470 e. The second-order valence-corrected chi connectivity index (χ2v) is 6.75. The summed E-state index contributed by atoms with van der Waals surface area (Å²) in [5.41, 5.74) is -5.42. The molecule has 16 heteroatoms. The zero-order valence-electron chi connectivity index (χ0n) is 16.1. The molecule has 0 bridgehead atoms. The number of benzene rings is 2. The average Bonchev–Trinajstić information content (AvgIpc) is 3.22. The van der Waals surface area contributed by atoms with Gasteiger partial charge in [-0.05, 0) is 12.1 Å². The molecule has 1 heterocycles. The molecule has 1 aromatic heterocycles. The van der Waals surface area contributed by atoms with Crippen LogP contribution in [-0.4, -0.2) is 20.6 Å². The van der Waals surface area contributed by atoms with Crippen molar-refractivity contribution >= 4 is 28.9 Å². The van der Waals surface area contributed by atoms with Gasteiger partial charge in [-0.2, -0.15) is 18.3 Å². The maximum atomic E-state index is 13.9. The molecule has 0 saturated heterocycles. The van der Waals surface area contributed by atoms with E-state index in [0.29, 0.717) is 0 Å². The standard InChI is InChI=1S/C18H8ClF7N4O4/c19-8-5-7(30(32)33)1-2-10(8)34-6-29-4-3-9(28-29)17(31)27-16-14(22)12(20)11(18(24,25)26)13(21)15(16)23/h1-5H,6H2,(H,27,31). The zero-order chi connectivity index (χ0) is 25.4. The number of alkyl halides is 3. The second-order valence-electron chi connectivity index (χ2n) is 6.34. The summed E-state index contributed by atoms with van der Waals surface area (Å²) in [5, 5.41) is 15.7. The molecule has 0 aliphatic rings. The third kappa shape index (κ3) is 4.88. The first-order valence-corrected chi connectivity index (χ1v) is 9.03. The van der Waals surface area contributed by atoms with Gasteiger partial charge in [-0.15, -0.1) is 0 Å². The second kappa shape index (κ2) is 9.17. The molecule has 0 radical (unpaired) electrons. The topological polar surface area (TPSA) is 99.3 Å². The van der Waals surface area contributed by atoms with Gasteiger partial charge in [-0.1, -0.05) is 11.6 Å². The van der Waals surface area contributed by atoms with Crippen molar-refractivity contribution in [2.45, 2.75) is 12.9 Å². The molecule has 3 aromatic rings.